The molecule has 0 N–H and O–H groups in total. The lowest BCUT2D eigenvalue weighted by Crippen LogP contribution is -2.48. The van der Waals surface area contributed by atoms with Gasteiger partial charge in [-0.25, -0.2) is 0 Å². The lowest BCUT2D eigenvalue weighted by Gasteiger charge is -2.34. The third kappa shape index (κ3) is 5.25. The summed E-state index contributed by atoms with van der Waals surface area (Å²) in [5.74, 6) is 1.59. The highest BCUT2D eigenvalue weighted by Gasteiger charge is 2.24. The highest BCUT2D eigenvalue weighted by molar-refractivity contribution is 9.10. The van der Waals surface area contributed by atoms with Crippen molar-refractivity contribution in [3.63, 3.8) is 0 Å². The summed E-state index contributed by atoms with van der Waals surface area (Å²) in [6.45, 7) is 4.16. The van der Waals surface area contributed by atoms with Crippen LogP contribution in [0, 0.1) is 0 Å². The second-order valence-electron chi connectivity index (χ2n) is 7.17. The van der Waals surface area contributed by atoms with Crippen LogP contribution in [0.5, 0.6) is 5.75 Å². The number of ether oxygens (including phenoxy) is 1. The van der Waals surface area contributed by atoms with Crippen molar-refractivity contribution >= 4 is 33.4 Å². The van der Waals surface area contributed by atoms with E-state index in [0.717, 1.165) is 24.1 Å². The minimum atomic E-state index is -0.0757. The van der Waals surface area contributed by atoms with Gasteiger partial charge >= 0.3 is 0 Å². The molecule has 1 amide bonds. The van der Waals surface area contributed by atoms with E-state index in [2.05, 4.69) is 33.0 Å². The SMILES string of the molecule is O=C(c1ccc(COc2ccc(Cl)cc2)o1)N1CCN(Cc2ccccc2Br)CC1. The lowest BCUT2D eigenvalue weighted by atomic mass is 10.2. The van der Waals surface area contributed by atoms with Crippen molar-refractivity contribution < 1.29 is 13.9 Å². The Morgan fingerprint density at radius 2 is 1.73 bits per heavy atom. The topological polar surface area (TPSA) is 45.9 Å². The summed E-state index contributed by atoms with van der Waals surface area (Å²) in [4.78, 5) is 17.0. The van der Waals surface area contributed by atoms with E-state index in [4.69, 9.17) is 20.8 Å². The Labute approximate surface area is 189 Å². The average Bonchev–Trinajstić information content (AvgIpc) is 3.24. The van der Waals surface area contributed by atoms with Gasteiger partial charge in [0.25, 0.3) is 5.91 Å². The van der Waals surface area contributed by atoms with Gasteiger partial charge in [0.2, 0.25) is 0 Å². The van der Waals surface area contributed by atoms with Crippen LogP contribution in [0.15, 0.2) is 69.6 Å². The fraction of sp³-hybridized carbons (Fsp3) is 0.261. The first-order valence-electron chi connectivity index (χ1n) is 9.80. The smallest absolute Gasteiger partial charge is 0.289 e. The number of rotatable bonds is 6. The number of halogens is 2. The summed E-state index contributed by atoms with van der Waals surface area (Å²) in [5.41, 5.74) is 1.26. The summed E-state index contributed by atoms with van der Waals surface area (Å²) in [6.07, 6.45) is 0. The maximum absolute atomic E-state index is 12.8. The van der Waals surface area contributed by atoms with E-state index in [-0.39, 0.29) is 12.5 Å². The van der Waals surface area contributed by atoms with Crippen molar-refractivity contribution in [2.75, 3.05) is 26.2 Å². The van der Waals surface area contributed by atoms with Crippen LogP contribution in [0.2, 0.25) is 5.02 Å². The number of hydrogen-bond acceptors (Lipinski definition) is 4. The Hall–Kier alpha value is -2.28. The molecule has 5 nitrogen and oxygen atoms in total. The lowest BCUT2D eigenvalue weighted by molar-refractivity contribution is 0.0594. The molecule has 1 aliphatic heterocycles. The predicted octanol–water partition coefficient (Wildman–Crippen LogP) is 5.23. The molecule has 1 saturated heterocycles. The Bertz CT molecular complexity index is 998. The van der Waals surface area contributed by atoms with Crippen LogP contribution in [-0.4, -0.2) is 41.9 Å². The monoisotopic (exact) mass is 488 g/mol. The Kier molecular flexibility index (Phi) is 6.77. The van der Waals surface area contributed by atoms with E-state index in [0.29, 0.717) is 35.4 Å². The van der Waals surface area contributed by atoms with Gasteiger partial charge in [-0.15, -0.1) is 0 Å². The molecule has 156 valence electrons. The van der Waals surface area contributed by atoms with Crippen molar-refractivity contribution in [3.8, 4) is 5.75 Å². The number of furan rings is 1. The molecule has 1 aliphatic rings. The molecule has 2 heterocycles. The molecule has 0 spiro atoms. The maximum atomic E-state index is 12.8. The molecule has 1 fully saturated rings. The number of hydrogen-bond donors (Lipinski definition) is 0. The highest BCUT2D eigenvalue weighted by atomic mass is 79.9. The molecule has 4 rings (SSSR count). The maximum Gasteiger partial charge on any atom is 0.289 e. The summed E-state index contributed by atoms with van der Waals surface area (Å²) in [5, 5.41) is 0.657. The van der Waals surface area contributed by atoms with Crippen LogP contribution in [0.25, 0.3) is 0 Å². The normalized spacial score (nSPS) is 14.7. The van der Waals surface area contributed by atoms with Crippen LogP contribution in [0.3, 0.4) is 0 Å². The largest absolute Gasteiger partial charge is 0.486 e. The van der Waals surface area contributed by atoms with Gasteiger partial charge in [0, 0.05) is 42.2 Å². The van der Waals surface area contributed by atoms with E-state index in [1.54, 1.807) is 36.4 Å². The molecule has 0 atom stereocenters. The van der Waals surface area contributed by atoms with E-state index >= 15 is 0 Å². The predicted molar refractivity (Wildman–Crippen MR) is 120 cm³/mol. The molecular weight excluding hydrogens is 468 g/mol. The fourth-order valence-electron chi connectivity index (χ4n) is 3.39. The van der Waals surface area contributed by atoms with Crippen molar-refractivity contribution in [2.24, 2.45) is 0 Å². The number of amides is 1. The Morgan fingerprint density at radius 3 is 2.47 bits per heavy atom. The highest BCUT2D eigenvalue weighted by Crippen LogP contribution is 2.20. The van der Waals surface area contributed by atoms with E-state index in [1.807, 2.05) is 17.0 Å². The fourth-order valence-corrected chi connectivity index (χ4v) is 3.92. The van der Waals surface area contributed by atoms with Gasteiger partial charge in [-0.2, -0.15) is 0 Å². The second-order valence-corrected chi connectivity index (χ2v) is 8.46. The average molecular weight is 490 g/mol. The third-order valence-electron chi connectivity index (χ3n) is 5.08. The standard InChI is InChI=1S/C23H22BrClN2O3/c24-21-4-2-1-3-17(21)15-26-11-13-27(14-12-26)23(28)22-10-9-20(30-22)16-29-19-7-5-18(25)6-8-19/h1-10H,11-16H2. The summed E-state index contributed by atoms with van der Waals surface area (Å²) < 4.78 is 12.5. The third-order valence-corrected chi connectivity index (χ3v) is 6.10. The minimum Gasteiger partial charge on any atom is -0.486 e. The van der Waals surface area contributed by atoms with Gasteiger partial charge in [0.15, 0.2) is 5.76 Å². The first-order valence-corrected chi connectivity index (χ1v) is 11.0. The Balaban J connectivity index is 1.28. The number of carbonyl (C=O) groups excluding carboxylic acids is 1. The van der Waals surface area contributed by atoms with Crippen LogP contribution in [0.4, 0.5) is 0 Å². The van der Waals surface area contributed by atoms with Crippen LogP contribution >= 0.6 is 27.5 Å². The zero-order chi connectivity index (χ0) is 20.9. The molecule has 0 unspecified atom stereocenters. The first-order chi connectivity index (χ1) is 14.6. The van der Waals surface area contributed by atoms with Crippen LogP contribution in [-0.2, 0) is 13.2 Å². The molecule has 3 aromatic rings. The van der Waals surface area contributed by atoms with Crippen LogP contribution in [0.1, 0.15) is 21.9 Å². The molecule has 0 radical (unpaired) electrons. The van der Waals surface area contributed by atoms with Crippen LogP contribution < -0.4 is 4.74 Å². The number of nitrogens with zero attached hydrogens (tertiary/aromatic N) is 2. The number of carbonyl (C=O) groups is 1. The van der Waals surface area contributed by atoms with Gasteiger partial charge in [0.1, 0.15) is 18.1 Å². The molecule has 7 heteroatoms. The quantitative estimate of drug-likeness (QED) is 0.475. The van der Waals surface area contributed by atoms with Crippen molar-refractivity contribution in [1.29, 1.82) is 0 Å². The molecule has 0 bridgehead atoms. The van der Waals surface area contributed by atoms with E-state index < -0.39 is 0 Å². The zero-order valence-corrected chi connectivity index (χ0v) is 18.7. The van der Waals surface area contributed by atoms with Gasteiger partial charge in [-0.3, -0.25) is 9.69 Å². The van der Waals surface area contributed by atoms with Gasteiger partial charge in [0.05, 0.1) is 0 Å². The minimum absolute atomic E-state index is 0.0757. The molecular formula is C23H22BrClN2O3. The Morgan fingerprint density at radius 1 is 1.00 bits per heavy atom. The molecule has 2 aromatic carbocycles. The van der Waals surface area contributed by atoms with E-state index in [9.17, 15) is 4.79 Å². The van der Waals surface area contributed by atoms with Crippen molar-refractivity contribution in [3.05, 3.63) is 87.2 Å². The number of benzene rings is 2. The first kappa shape index (κ1) is 21.0. The summed E-state index contributed by atoms with van der Waals surface area (Å²) >= 11 is 9.48. The van der Waals surface area contributed by atoms with Gasteiger partial charge < -0.3 is 14.1 Å². The van der Waals surface area contributed by atoms with Gasteiger partial charge in [-0.1, -0.05) is 45.7 Å². The summed E-state index contributed by atoms with van der Waals surface area (Å²) in [7, 11) is 0. The molecule has 1 aromatic heterocycles. The van der Waals surface area contributed by atoms with Crippen molar-refractivity contribution in [2.45, 2.75) is 13.2 Å². The van der Waals surface area contributed by atoms with E-state index in [1.165, 1.54) is 5.56 Å². The number of piperazine rings is 1. The molecule has 0 saturated carbocycles. The zero-order valence-electron chi connectivity index (χ0n) is 16.4. The van der Waals surface area contributed by atoms with Crippen molar-refractivity contribution in [1.82, 2.24) is 9.80 Å². The molecule has 0 aliphatic carbocycles. The molecule has 30 heavy (non-hydrogen) atoms. The second kappa shape index (κ2) is 9.69. The summed E-state index contributed by atoms with van der Waals surface area (Å²) in [6, 6.07) is 18.9. The van der Waals surface area contributed by atoms with Gasteiger partial charge in [-0.05, 0) is 48.0 Å².